The van der Waals surface area contributed by atoms with Crippen molar-refractivity contribution in [1.29, 1.82) is 0 Å². The summed E-state index contributed by atoms with van der Waals surface area (Å²) in [6, 6.07) is 54.6. The van der Waals surface area contributed by atoms with Crippen LogP contribution in [0, 0.1) is 0 Å². The second-order valence-electron chi connectivity index (χ2n) is 15.1. The van der Waals surface area contributed by atoms with Crippen molar-refractivity contribution in [3.8, 4) is 39.1 Å². The quantitative estimate of drug-likeness (QED) is 0.160. The molecule has 0 saturated heterocycles. The Morgan fingerprint density at radius 1 is 0.393 bits per heavy atom. The topological polar surface area (TPSA) is 21.3 Å². The van der Waals surface area contributed by atoms with E-state index < -0.39 is 24.2 Å². The van der Waals surface area contributed by atoms with Crippen LogP contribution in [0.2, 0.25) is 0 Å². The molecule has 0 aliphatic carbocycles. The molecule has 0 unspecified atom stereocenters. The third-order valence-electron chi connectivity index (χ3n) is 11.5. The van der Waals surface area contributed by atoms with Gasteiger partial charge in [-0.2, -0.15) is 0 Å². The zero-order chi connectivity index (χ0) is 47.2. The number of hydrogen-bond acceptors (Lipinski definition) is 2. The van der Waals surface area contributed by atoms with Gasteiger partial charge in [0, 0.05) is 44.2 Å². The average molecular weight is 787 g/mol. The molecule has 286 valence electrons. The first-order valence-electron chi connectivity index (χ1n) is 24.2. The van der Waals surface area contributed by atoms with E-state index in [0.717, 1.165) is 49.0 Å². The Labute approximate surface area is 364 Å². The Morgan fingerprint density at radius 3 is 1.67 bits per heavy atom. The molecule has 12 aromatic rings. The molecular weight excluding hydrogens is 741 g/mol. The van der Waals surface area contributed by atoms with Crippen molar-refractivity contribution in [2.75, 3.05) is 4.90 Å². The van der Waals surface area contributed by atoms with Gasteiger partial charge in [-0.3, -0.25) is 0 Å². The standard InChI is InChI=1S/C58H38N2O/c1-2-14-39(15-3-1)40-28-32-45(33-29-40)59(53-24-9-8-22-50(53)51-23-13-27-56-58(51)52-37-43-16-4-5-17-44(43)38-57(52)61-56)46-34-30-41(31-35-46)42-18-12-19-47(36-42)60-54-25-10-6-20-48(54)49-21-7-11-26-55(49)60/h1-38H/i28D,29D,30D,31D,32D,33D,34D,35D. The second kappa shape index (κ2) is 14.3. The van der Waals surface area contributed by atoms with E-state index in [4.69, 9.17) is 4.42 Å². The van der Waals surface area contributed by atoms with E-state index >= 15 is 0 Å². The maximum atomic E-state index is 9.88. The molecule has 0 N–H and O–H groups in total. The number of hydrogen-bond donors (Lipinski definition) is 0. The summed E-state index contributed by atoms with van der Waals surface area (Å²) in [7, 11) is 0. The van der Waals surface area contributed by atoms with Gasteiger partial charge in [-0.1, -0.05) is 158 Å². The summed E-state index contributed by atoms with van der Waals surface area (Å²) in [5.41, 5.74) is 6.30. The van der Waals surface area contributed by atoms with E-state index in [1.165, 1.54) is 4.90 Å². The Morgan fingerprint density at radius 2 is 0.951 bits per heavy atom. The van der Waals surface area contributed by atoms with Crippen LogP contribution in [0.15, 0.2) is 235 Å². The molecule has 61 heavy (non-hydrogen) atoms. The van der Waals surface area contributed by atoms with Crippen molar-refractivity contribution >= 4 is 71.6 Å². The van der Waals surface area contributed by atoms with Crippen molar-refractivity contribution in [3.63, 3.8) is 0 Å². The van der Waals surface area contributed by atoms with Crippen molar-refractivity contribution < 1.29 is 15.4 Å². The molecule has 0 aliphatic rings. The molecule has 0 amide bonds. The average Bonchev–Trinajstić information content (AvgIpc) is 3.92. The van der Waals surface area contributed by atoms with Gasteiger partial charge in [0.25, 0.3) is 0 Å². The van der Waals surface area contributed by atoms with E-state index in [0.29, 0.717) is 39.1 Å². The van der Waals surface area contributed by atoms with Gasteiger partial charge in [-0.05, 0) is 111 Å². The minimum Gasteiger partial charge on any atom is -0.456 e. The number of fused-ring (bicyclic) bond motifs is 7. The normalized spacial score (nSPS) is 13.4. The molecule has 10 aromatic carbocycles. The Balaban J connectivity index is 1.11. The van der Waals surface area contributed by atoms with Crippen LogP contribution in [-0.2, 0) is 0 Å². The molecule has 0 radical (unpaired) electrons. The SMILES string of the molecule is [2H]c1c([2H])c(N(c2ccccc2-c2cccc3oc4cc5ccccc5cc4c23)c2c([2H])c([2H])c(-c3cccc(-n4c5ccccc5c5ccccc54)c3)c([2H])c2[2H])c([2H])c([2H])c1-c1ccccc1. The van der Waals surface area contributed by atoms with Crippen molar-refractivity contribution in [2.24, 2.45) is 0 Å². The third kappa shape index (κ3) is 5.90. The molecule has 0 fully saturated rings. The predicted molar refractivity (Wildman–Crippen MR) is 257 cm³/mol. The van der Waals surface area contributed by atoms with E-state index in [1.54, 1.807) is 42.5 Å². The molecule has 0 spiro atoms. The molecular formula is C58H38N2O. The lowest BCUT2D eigenvalue weighted by molar-refractivity contribution is 0.669. The molecule has 3 nitrogen and oxygen atoms in total. The van der Waals surface area contributed by atoms with Gasteiger partial charge in [0.15, 0.2) is 0 Å². The zero-order valence-electron chi connectivity index (χ0n) is 40.6. The van der Waals surface area contributed by atoms with Crippen LogP contribution in [0.5, 0.6) is 0 Å². The van der Waals surface area contributed by atoms with Gasteiger partial charge in [-0.15, -0.1) is 0 Å². The molecule has 0 aliphatic heterocycles. The first-order valence-corrected chi connectivity index (χ1v) is 20.2. The fourth-order valence-corrected chi connectivity index (χ4v) is 8.72. The molecule has 2 heterocycles. The van der Waals surface area contributed by atoms with Gasteiger partial charge >= 0.3 is 0 Å². The Bertz CT molecular complexity index is 3970. The highest BCUT2D eigenvalue weighted by atomic mass is 16.3. The minimum atomic E-state index is -0.425. The number of aromatic nitrogens is 1. The van der Waals surface area contributed by atoms with Crippen LogP contribution < -0.4 is 4.90 Å². The highest BCUT2D eigenvalue weighted by Gasteiger charge is 2.21. The van der Waals surface area contributed by atoms with Crippen molar-refractivity contribution in [3.05, 3.63) is 230 Å². The zero-order valence-corrected chi connectivity index (χ0v) is 32.6. The fraction of sp³-hybridized carbons (Fsp3) is 0. The van der Waals surface area contributed by atoms with E-state index in [2.05, 4.69) is 22.8 Å². The molecule has 12 rings (SSSR count). The van der Waals surface area contributed by atoms with Gasteiger partial charge in [0.1, 0.15) is 11.2 Å². The Hall–Kier alpha value is -8.14. The minimum absolute atomic E-state index is 0.0745. The highest BCUT2D eigenvalue weighted by Crippen LogP contribution is 2.46. The predicted octanol–water partition coefficient (Wildman–Crippen LogP) is 16.3. The summed E-state index contributed by atoms with van der Waals surface area (Å²) < 4.78 is 86.0. The Kier molecular flexibility index (Phi) is 6.45. The van der Waals surface area contributed by atoms with Crippen LogP contribution in [0.1, 0.15) is 11.0 Å². The largest absolute Gasteiger partial charge is 0.456 e. The van der Waals surface area contributed by atoms with Crippen LogP contribution in [0.4, 0.5) is 17.1 Å². The van der Waals surface area contributed by atoms with Crippen LogP contribution in [0.3, 0.4) is 0 Å². The summed E-state index contributed by atoms with van der Waals surface area (Å²) >= 11 is 0. The van der Waals surface area contributed by atoms with Crippen LogP contribution >= 0.6 is 0 Å². The molecule has 0 bridgehead atoms. The number of nitrogens with zero attached hydrogens (tertiary/aromatic N) is 2. The second-order valence-corrected chi connectivity index (χ2v) is 15.1. The summed E-state index contributed by atoms with van der Waals surface area (Å²) in [6.45, 7) is 0. The van der Waals surface area contributed by atoms with Gasteiger partial charge in [-0.25, -0.2) is 0 Å². The van der Waals surface area contributed by atoms with Crippen molar-refractivity contribution in [1.82, 2.24) is 4.57 Å². The lowest BCUT2D eigenvalue weighted by atomic mass is 9.96. The van der Waals surface area contributed by atoms with Gasteiger partial charge < -0.3 is 13.9 Å². The third-order valence-corrected chi connectivity index (χ3v) is 11.5. The smallest absolute Gasteiger partial charge is 0.136 e. The first-order chi connectivity index (χ1) is 33.6. The number of furan rings is 1. The van der Waals surface area contributed by atoms with Crippen molar-refractivity contribution in [2.45, 2.75) is 0 Å². The van der Waals surface area contributed by atoms with Crippen LogP contribution in [-0.4, -0.2) is 4.57 Å². The maximum absolute atomic E-state index is 9.88. The number of benzene rings is 10. The van der Waals surface area contributed by atoms with Gasteiger partial charge in [0.05, 0.1) is 27.7 Å². The number of anilines is 3. The number of rotatable bonds is 7. The number of para-hydroxylation sites is 3. The van der Waals surface area contributed by atoms with Crippen LogP contribution in [0.25, 0.3) is 93.6 Å². The summed E-state index contributed by atoms with van der Waals surface area (Å²) in [5.74, 6) is 0. The lowest BCUT2D eigenvalue weighted by Gasteiger charge is -2.28. The van der Waals surface area contributed by atoms with E-state index in [9.17, 15) is 11.0 Å². The van der Waals surface area contributed by atoms with Gasteiger partial charge in [0.2, 0.25) is 0 Å². The maximum Gasteiger partial charge on any atom is 0.136 e. The first kappa shape index (κ1) is 27.5. The summed E-state index contributed by atoms with van der Waals surface area (Å²) in [4.78, 5) is 1.39. The summed E-state index contributed by atoms with van der Waals surface area (Å²) in [6.07, 6.45) is 0. The fourth-order valence-electron chi connectivity index (χ4n) is 8.72. The lowest BCUT2D eigenvalue weighted by Crippen LogP contribution is -2.11. The molecule has 0 atom stereocenters. The monoisotopic (exact) mass is 786 g/mol. The highest BCUT2D eigenvalue weighted by molar-refractivity contribution is 6.16. The molecule has 2 aromatic heterocycles. The van der Waals surface area contributed by atoms with E-state index in [-0.39, 0.29) is 46.7 Å². The van der Waals surface area contributed by atoms with E-state index in [1.807, 2.05) is 121 Å². The molecule has 0 saturated carbocycles. The summed E-state index contributed by atoms with van der Waals surface area (Å²) in [5, 5.41) is 5.83. The molecule has 3 heteroatoms.